The summed E-state index contributed by atoms with van der Waals surface area (Å²) in [6.07, 6.45) is 5.35. The molecule has 3 rings (SSSR count). The number of halogens is 1. The Balaban J connectivity index is 1.83. The molecule has 0 fully saturated rings. The van der Waals surface area contributed by atoms with Crippen LogP contribution in [-0.4, -0.2) is 23.5 Å². The normalized spacial score (nSPS) is 13.2. The molecule has 0 saturated carbocycles. The monoisotopic (exact) mass is 354 g/mol. The standard InChI is InChI=1S/C21H19FO4/c22-17-8-4-14(5-9-17)3-6-16-12-15-7-10-19(23)18(15)13-20(16)26-11-1-2-21(24)25/h3-6,8-9,12-13H,1-2,7,10-11H2,(H,24,25). The predicted octanol–water partition coefficient (Wildman–Crippen LogP) is 4.37. The van der Waals surface area contributed by atoms with Gasteiger partial charge in [0, 0.05) is 24.0 Å². The fraction of sp³-hybridized carbons (Fsp3) is 0.238. The van der Waals surface area contributed by atoms with Crippen LogP contribution >= 0.6 is 0 Å². The van der Waals surface area contributed by atoms with Gasteiger partial charge in [-0.15, -0.1) is 0 Å². The molecule has 0 radical (unpaired) electrons. The molecule has 0 aliphatic heterocycles. The van der Waals surface area contributed by atoms with E-state index in [9.17, 15) is 14.0 Å². The van der Waals surface area contributed by atoms with Gasteiger partial charge in [0.1, 0.15) is 11.6 Å². The number of hydrogen-bond acceptors (Lipinski definition) is 3. The van der Waals surface area contributed by atoms with E-state index in [-0.39, 0.29) is 24.6 Å². The zero-order valence-corrected chi connectivity index (χ0v) is 14.2. The van der Waals surface area contributed by atoms with E-state index in [1.807, 2.05) is 18.2 Å². The number of carbonyl (C=O) groups is 2. The SMILES string of the molecule is O=C(O)CCCOc1cc2c(cc1C=Cc1ccc(F)cc1)CCC2=O. The summed E-state index contributed by atoms with van der Waals surface area (Å²) in [6.45, 7) is 0.261. The number of ketones is 1. The predicted molar refractivity (Wildman–Crippen MR) is 96.8 cm³/mol. The van der Waals surface area contributed by atoms with Crippen molar-refractivity contribution in [2.45, 2.75) is 25.7 Å². The van der Waals surface area contributed by atoms with Gasteiger partial charge in [-0.25, -0.2) is 4.39 Å². The maximum Gasteiger partial charge on any atom is 0.303 e. The molecule has 134 valence electrons. The van der Waals surface area contributed by atoms with Gasteiger partial charge in [0.25, 0.3) is 0 Å². The Morgan fingerprint density at radius 2 is 1.92 bits per heavy atom. The Morgan fingerprint density at radius 3 is 2.65 bits per heavy atom. The van der Waals surface area contributed by atoms with Crippen LogP contribution in [0.5, 0.6) is 5.75 Å². The van der Waals surface area contributed by atoms with Crippen molar-refractivity contribution in [3.63, 3.8) is 0 Å². The van der Waals surface area contributed by atoms with Crippen molar-refractivity contribution in [3.05, 3.63) is 64.5 Å². The lowest BCUT2D eigenvalue weighted by Gasteiger charge is -2.11. The smallest absolute Gasteiger partial charge is 0.303 e. The first-order chi connectivity index (χ1) is 12.5. The van der Waals surface area contributed by atoms with E-state index >= 15 is 0 Å². The average Bonchev–Trinajstić information content (AvgIpc) is 2.98. The molecule has 1 N–H and O–H groups in total. The van der Waals surface area contributed by atoms with Crippen LogP contribution in [-0.2, 0) is 11.2 Å². The highest BCUT2D eigenvalue weighted by atomic mass is 19.1. The van der Waals surface area contributed by atoms with Crippen molar-refractivity contribution in [1.29, 1.82) is 0 Å². The Morgan fingerprint density at radius 1 is 1.15 bits per heavy atom. The second kappa shape index (κ2) is 7.95. The molecule has 0 unspecified atom stereocenters. The number of Topliss-reactive ketones (excluding diaryl/α,β-unsaturated/α-hetero) is 1. The molecule has 0 saturated heterocycles. The molecule has 0 atom stereocenters. The van der Waals surface area contributed by atoms with E-state index in [0.717, 1.165) is 16.7 Å². The van der Waals surface area contributed by atoms with Gasteiger partial charge in [-0.3, -0.25) is 9.59 Å². The number of aryl methyl sites for hydroxylation is 1. The maximum atomic E-state index is 13.0. The first kappa shape index (κ1) is 17.9. The molecular formula is C21H19FO4. The summed E-state index contributed by atoms with van der Waals surface area (Å²) >= 11 is 0. The van der Waals surface area contributed by atoms with Crippen molar-refractivity contribution in [2.75, 3.05) is 6.61 Å². The molecule has 2 aromatic rings. The van der Waals surface area contributed by atoms with Crippen molar-refractivity contribution < 1.29 is 23.8 Å². The fourth-order valence-corrected chi connectivity index (χ4v) is 2.91. The topological polar surface area (TPSA) is 63.6 Å². The van der Waals surface area contributed by atoms with E-state index in [1.54, 1.807) is 18.2 Å². The summed E-state index contributed by atoms with van der Waals surface area (Å²) in [4.78, 5) is 22.6. The van der Waals surface area contributed by atoms with Gasteiger partial charge < -0.3 is 9.84 Å². The van der Waals surface area contributed by atoms with Gasteiger partial charge >= 0.3 is 5.97 Å². The Labute approximate surface area is 150 Å². The quantitative estimate of drug-likeness (QED) is 0.592. The second-order valence-corrected chi connectivity index (χ2v) is 6.20. The summed E-state index contributed by atoms with van der Waals surface area (Å²) in [5, 5.41) is 8.72. The minimum absolute atomic E-state index is 0.0324. The zero-order valence-electron chi connectivity index (χ0n) is 14.2. The Kier molecular flexibility index (Phi) is 5.46. The van der Waals surface area contributed by atoms with Crippen LogP contribution < -0.4 is 4.74 Å². The van der Waals surface area contributed by atoms with Crippen LogP contribution in [0.4, 0.5) is 4.39 Å². The Bertz CT molecular complexity index is 853. The molecule has 26 heavy (non-hydrogen) atoms. The van der Waals surface area contributed by atoms with E-state index < -0.39 is 5.97 Å². The highest BCUT2D eigenvalue weighted by Crippen LogP contribution is 2.31. The van der Waals surface area contributed by atoms with Gasteiger partial charge in [0.2, 0.25) is 0 Å². The molecule has 0 spiro atoms. The summed E-state index contributed by atoms with van der Waals surface area (Å²) in [7, 11) is 0. The van der Waals surface area contributed by atoms with Crippen LogP contribution in [0, 0.1) is 5.82 Å². The molecule has 5 heteroatoms. The van der Waals surface area contributed by atoms with E-state index in [2.05, 4.69) is 0 Å². The third-order valence-corrected chi connectivity index (χ3v) is 4.28. The minimum Gasteiger partial charge on any atom is -0.493 e. The molecular weight excluding hydrogens is 335 g/mol. The van der Waals surface area contributed by atoms with Crippen LogP contribution in [0.1, 0.15) is 46.3 Å². The summed E-state index contributed by atoms with van der Waals surface area (Å²) in [5.41, 5.74) is 3.33. The van der Waals surface area contributed by atoms with Gasteiger partial charge in [0.05, 0.1) is 6.61 Å². The van der Waals surface area contributed by atoms with Crippen LogP contribution in [0.15, 0.2) is 36.4 Å². The van der Waals surface area contributed by atoms with Gasteiger partial charge in [-0.2, -0.15) is 0 Å². The van der Waals surface area contributed by atoms with Crippen molar-refractivity contribution in [1.82, 2.24) is 0 Å². The highest BCUT2D eigenvalue weighted by molar-refractivity contribution is 6.01. The lowest BCUT2D eigenvalue weighted by atomic mass is 10.0. The number of carboxylic acids is 1. The number of fused-ring (bicyclic) bond motifs is 1. The number of carbonyl (C=O) groups excluding carboxylic acids is 1. The molecule has 1 aliphatic carbocycles. The van der Waals surface area contributed by atoms with Crippen LogP contribution in [0.3, 0.4) is 0 Å². The second-order valence-electron chi connectivity index (χ2n) is 6.20. The molecule has 0 bridgehead atoms. The van der Waals surface area contributed by atoms with E-state index in [1.165, 1.54) is 12.1 Å². The highest BCUT2D eigenvalue weighted by Gasteiger charge is 2.21. The van der Waals surface area contributed by atoms with E-state index in [0.29, 0.717) is 30.6 Å². The largest absolute Gasteiger partial charge is 0.493 e. The van der Waals surface area contributed by atoms with E-state index in [4.69, 9.17) is 9.84 Å². The molecule has 0 heterocycles. The number of aliphatic carboxylic acids is 1. The number of rotatable bonds is 7. The third kappa shape index (κ3) is 4.36. The molecule has 4 nitrogen and oxygen atoms in total. The first-order valence-corrected chi connectivity index (χ1v) is 8.51. The number of carboxylic acid groups (broad SMARTS) is 1. The van der Waals surface area contributed by atoms with Crippen LogP contribution in [0.2, 0.25) is 0 Å². The molecule has 2 aromatic carbocycles. The summed E-state index contributed by atoms with van der Waals surface area (Å²) in [6, 6.07) is 9.82. The summed E-state index contributed by atoms with van der Waals surface area (Å²) < 4.78 is 18.8. The zero-order chi connectivity index (χ0) is 18.5. The third-order valence-electron chi connectivity index (χ3n) is 4.28. The number of hydrogen-bond donors (Lipinski definition) is 1. The first-order valence-electron chi connectivity index (χ1n) is 8.51. The lowest BCUT2D eigenvalue weighted by molar-refractivity contribution is -0.137. The molecule has 0 amide bonds. The van der Waals surface area contributed by atoms with Gasteiger partial charge in [-0.05, 0) is 48.2 Å². The molecule has 1 aliphatic rings. The fourth-order valence-electron chi connectivity index (χ4n) is 2.91. The van der Waals surface area contributed by atoms with Crippen molar-refractivity contribution >= 4 is 23.9 Å². The number of benzene rings is 2. The van der Waals surface area contributed by atoms with Crippen molar-refractivity contribution in [2.24, 2.45) is 0 Å². The molecule has 0 aromatic heterocycles. The summed E-state index contributed by atoms with van der Waals surface area (Å²) in [5.74, 6) is -0.498. The average molecular weight is 354 g/mol. The van der Waals surface area contributed by atoms with Crippen LogP contribution in [0.25, 0.3) is 12.2 Å². The maximum absolute atomic E-state index is 13.0. The number of ether oxygens (including phenoxy) is 1. The van der Waals surface area contributed by atoms with Gasteiger partial charge in [-0.1, -0.05) is 24.3 Å². The van der Waals surface area contributed by atoms with Gasteiger partial charge in [0.15, 0.2) is 5.78 Å². The van der Waals surface area contributed by atoms with Crippen molar-refractivity contribution in [3.8, 4) is 5.75 Å². The minimum atomic E-state index is -0.867. The lowest BCUT2D eigenvalue weighted by Crippen LogP contribution is -2.04. The Hall–Kier alpha value is -2.95.